The van der Waals surface area contributed by atoms with Gasteiger partial charge < -0.3 is 31.1 Å². The van der Waals surface area contributed by atoms with Gasteiger partial charge >= 0.3 is 6.09 Å². The lowest BCUT2D eigenvalue weighted by Crippen LogP contribution is -2.54. The van der Waals surface area contributed by atoms with Crippen molar-refractivity contribution in [2.45, 2.75) is 77.5 Å². The standard InChI is InChI=1S/C32H45N5O8/c1-4-20-45-32(44)33-18-8-7-10-25(30(42)34-24-14-12-23(21-38)13-15-24)35-31(43)29(22(2)3)36-26(39)11-6-5-9-19-37-27(40)16-17-28(37)41/h4,12-17,22,25,29,38H,1,5-11,18-21H2,2-3H3,(H,33,44)(H,34,42)(H,35,43)(H,36,39)/t25-,29-/m0/s1. The summed E-state index contributed by atoms with van der Waals surface area (Å²) in [5.74, 6) is -2.21. The van der Waals surface area contributed by atoms with Crippen LogP contribution in [0.3, 0.4) is 0 Å². The number of imide groups is 1. The van der Waals surface area contributed by atoms with Gasteiger partial charge in [0.1, 0.15) is 18.7 Å². The molecule has 13 heteroatoms. The third-order valence-electron chi connectivity index (χ3n) is 7.01. The van der Waals surface area contributed by atoms with Crippen LogP contribution in [0, 0.1) is 5.92 Å². The summed E-state index contributed by atoms with van der Waals surface area (Å²) < 4.78 is 4.87. The van der Waals surface area contributed by atoms with Gasteiger partial charge in [0.05, 0.1) is 6.61 Å². The van der Waals surface area contributed by atoms with Gasteiger partial charge in [0.15, 0.2) is 0 Å². The molecule has 246 valence electrons. The Bertz CT molecular complexity index is 1200. The van der Waals surface area contributed by atoms with E-state index in [0.717, 1.165) is 4.90 Å². The molecule has 0 radical (unpaired) electrons. The van der Waals surface area contributed by atoms with Crippen molar-refractivity contribution in [3.05, 3.63) is 54.6 Å². The molecule has 1 heterocycles. The Morgan fingerprint density at radius 2 is 1.62 bits per heavy atom. The smallest absolute Gasteiger partial charge is 0.407 e. The minimum Gasteiger partial charge on any atom is -0.445 e. The molecule has 0 fully saturated rings. The number of carbonyl (C=O) groups is 6. The lowest BCUT2D eigenvalue weighted by Gasteiger charge is -2.25. The number of amides is 6. The van der Waals surface area contributed by atoms with E-state index in [0.29, 0.717) is 49.9 Å². The topological polar surface area (TPSA) is 183 Å². The highest BCUT2D eigenvalue weighted by molar-refractivity contribution is 6.12. The molecule has 1 aromatic carbocycles. The van der Waals surface area contributed by atoms with E-state index in [1.807, 2.05) is 0 Å². The molecular formula is C32H45N5O8. The van der Waals surface area contributed by atoms with Gasteiger partial charge in [0, 0.05) is 37.3 Å². The summed E-state index contributed by atoms with van der Waals surface area (Å²) in [6.45, 7) is 7.61. The molecular weight excluding hydrogens is 582 g/mol. The van der Waals surface area contributed by atoms with E-state index in [4.69, 9.17) is 4.74 Å². The second kappa shape index (κ2) is 19.7. The van der Waals surface area contributed by atoms with Crippen molar-refractivity contribution in [1.29, 1.82) is 0 Å². The largest absolute Gasteiger partial charge is 0.445 e. The lowest BCUT2D eigenvalue weighted by atomic mass is 10.0. The van der Waals surface area contributed by atoms with Crippen LogP contribution < -0.4 is 21.3 Å². The van der Waals surface area contributed by atoms with Crippen LogP contribution in [0.25, 0.3) is 0 Å². The molecule has 2 atom stereocenters. The molecule has 1 aromatic rings. The van der Waals surface area contributed by atoms with Crippen molar-refractivity contribution in [3.63, 3.8) is 0 Å². The van der Waals surface area contributed by atoms with Gasteiger partial charge in [-0.2, -0.15) is 0 Å². The van der Waals surface area contributed by atoms with Crippen molar-refractivity contribution in [2.75, 3.05) is 25.0 Å². The fourth-order valence-corrected chi connectivity index (χ4v) is 4.47. The molecule has 0 aliphatic carbocycles. The van der Waals surface area contributed by atoms with Crippen LogP contribution >= 0.6 is 0 Å². The third kappa shape index (κ3) is 13.3. The summed E-state index contributed by atoms with van der Waals surface area (Å²) in [5, 5.41) is 20.2. The summed E-state index contributed by atoms with van der Waals surface area (Å²) in [5.41, 5.74) is 1.17. The van der Waals surface area contributed by atoms with Crippen LogP contribution in [0.1, 0.15) is 64.4 Å². The summed E-state index contributed by atoms with van der Waals surface area (Å²) in [6.07, 6.45) is 6.48. The van der Waals surface area contributed by atoms with Crippen LogP contribution in [0.4, 0.5) is 10.5 Å². The van der Waals surface area contributed by atoms with Crippen molar-refractivity contribution < 1.29 is 38.6 Å². The number of aliphatic hydroxyl groups is 1. The molecule has 45 heavy (non-hydrogen) atoms. The summed E-state index contributed by atoms with van der Waals surface area (Å²) in [6, 6.07) is 4.84. The number of anilines is 1. The van der Waals surface area contributed by atoms with Crippen LogP contribution in [0.2, 0.25) is 0 Å². The number of ether oxygens (including phenoxy) is 1. The van der Waals surface area contributed by atoms with Gasteiger partial charge in [-0.3, -0.25) is 28.9 Å². The number of hydrogen-bond donors (Lipinski definition) is 5. The lowest BCUT2D eigenvalue weighted by molar-refractivity contribution is -0.137. The van der Waals surface area contributed by atoms with Crippen LogP contribution in [0.15, 0.2) is 49.1 Å². The van der Waals surface area contributed by atoms with E-state index in [1.165, 1.54) is 18.2 Å². The molecule has 0 spiro atoms. The Morgan fingerprint density at radius 1 is 0.933 bits per heavy atom. The highest BCUT2D eigenvalue weighted by Gasteiger charge is 2.29. The number of carbonyl (C=O) groups excluding carboxylic acids is 6. The molecule has 0 saturated heterocycles. The average Bonchev–Trinajstić information content (AvgIpc) is 3.34. The number of aliphatic hydroxyl groups excluding tert-OH is 1. The Balaban J connectivity index is 1.92. The predicted molar refractivity (Wildman–Crippen MR) is 167 cm³/mol. The van der Waals surface area contributed by atoms with Gasteiger partial charge in [0.2, 0.25) is 17.7 Å². The minimum absolute atomic E-state index is 0.0912. The van der Waals surface area contributed by atoms with Crippen LogP contribution in [-0.2, 0) is 35.3 Å². The average molecular weight is 628 g/mol. The zero-order valence-corrected chi connectivity index (χ0v) is 26.0. The second-order valence-corrected chi connectivity index (χ2v) is 11.0. The molecule has 2 rings (SSSR count). The quantitative estimate of drug-likeness (QED) is 0.0829. The molecule has 1 aliphatic heterocycles. The molecule has 0 saturated carbocycles. The maximum atomic E-state index is 13.3. The molecule has 0 aromatic heterocycles. The maximum Gasteiger partial charge on any atom is 0.407 e. The fraction of sp³-hybridized carbons (Fsp3) is 0.500. The van der Waals surface area contributed by atoms with Crippen molar-refractivity contribution >= 4 is 41.3 Å². The van der Waals surface area contributed by atoms with Crippen LogP contribution in [0.5, 0.6) is 0 Å². The fourth-order valence-electron chi connectivity index (χ4n) is 4.47. The molecule has 0 unspecified atom stereocenters. The van der Waals surface area contributed by atoms with Gasteiger partial charge in [-0.15, -0.1) is 0 Å². The number of nitrogens with one attached hydrogen (secondary N) is 4. The SMILES string of the molecule is C=CCOC(=O)NCCCC[C@H](NC(=O)[C@@H](NC(=O)CCCCCN1C(=O)C=CC1=O)C(C)C)C(=O)Nc1ccc(CO)cc1. The summed E-state index contributed by atoms with van der Waals surface area (Å²) in [7, 11) is 0. The van der Waals surface area contributed by atoms with Crippen molar-refractivity contribution in [3.8, 4) is 0 Å². The predicted octanol–water partition coefficient (Wildman–Crippen LogP) is 2.31. The van der Waals surface area contributed by atoms with Gasteiger partial charge in [-0.05, 0) is 55.7 Å². The van der Waals surface area contributed by atoms with Crippen molar-refractivity contribution in [2.24, 2.45) is 5.92 Å². The van der Waals surface area contributed by atoms with E-state index in [2.05, 4.69) is 27.8 Å². The number of alkyl carbamates (subject to hydrolysis) is 1. The first-order valence-corrected chi connectivity index (χ1v) is 15.2. The van der Waals surface area contributed by atoms with E-state index < -0.39 is 30.0 Å². The summed E-state index contributed by atoms with van der Waals surface area (Å²) in [4.78, 5) is 75.3. The molecule has 5 N–H and O–H groups in total. The molecule has 6 amide bonds. The van der Waals surface area contributed by atoms with Gasteiger partial charge in [-0.25, -0.2) is 4.79 Å². The van der Waals surface area contributed by atoms with Crippen LogP contribution in [-0.4, -0.2) is 77.4 Å². The Hall–Kier alpha value is -4.52. The van der Waals surface area contributed by atoms with Gasteiger partial charge in [-0.1, -0.05) is 45.1 Å². The van der Waals surface area contributed by atoms with E-state index >= 15 is 0 Å². The first-order valence-electron chi connectivity index (χ1n) is 15.2. The van der Waals surface area contributed by atoms with Gasteiger partial charge in [0.25, 0.3) is 11.8 Å². The minimum atomic E-state index is -0.925. The second-order valence-electron chi connectivity index (χ2n) is 11.0. The number of unbranched alkanes of at least 4 members (excludes halogenated alkanes) is 3. The molecule has 1 aliphatic rings. The van der Waals surface area contributed by atoms with E-state index in [-0.39, 0.29) is 56.2 Å². The Morgan fingerprint density at radius 3 is 2.24 bits per heavy atom. The molecule has 13 nitrogen and oxygen atoms in total. The van der Waals surface area contributed by atoms with E-state index in [1.54, 1.807) is 38.1 Å². The maximum absolute atomic E-state index is 13.3. The summed E-state index contributed by atoms with van der Waals surface area (Å²) >= 11 is 0. The first kappa shape index (κ1) is 36.7. The van der Waals surface area contributed by atoms with Crippen molar-refractivity contribution in [1.82, 2.24) is 20.9 Å². The van der Waals surface area contributed by atoms with E-state index in [9.17, 15) is 33.9 Å². The monoisotopic (exact) mass is 627 g/mol. The zero-order chi connectivity index (χ0) is 33.2. The Kier molecular flexibility index (Phi) is 16.1. The normalized spacial score (nSPS) is 13.7. The molecule has 0 bridgehead atoms. The highest BCUT2D eigenvalue weighted by Crippen LogP contribution is 2.13. The first-order chi connectivity index (χ1) is 21.5. The third-order valence-corrected chi connectivity index (χ3v) is 7.01. The number of benzene rings is 1. The zero-order valence-electron chi connectivity index (χ0n) is 26.0. The highest BCUT2D eigenvalue weighted by atomic mass is 16.5. The Labute approximate surface area is 263 Å². The number of nitrogens with zero attached hydrogens (tertiary/aromatic N) is 1. The number of hydrogen-bond acceptors (Lipinski definition) is 8. The number of rotatable bonds is 20.